The molecule has 0 saturated carbocycles. The second-order valence-corrected chi connectivity index (χ2v) is 21.2. The quantitative estimate of drug-likeness (QED) is 0.262. The van der Waals surface area contributed by atoms with Crippen molar-refractivity contribution in [1.82, 2.24) is 0 Å². The van der Waals surface area contributed by atoms with E-state index < -0.39 is 23.8 Å². The second kappa shape index (κ2) is 8.68. The van der Waals surface area contributed by atoms with E-state index in [0.29, 0.717) is 12.2 Å². The van der Waals surface area contributed by atoms with E-state index in [0.717, 1.165) is 11.1 Å². The van der Waals surface area contributed by atoms with Gasteiger partial charge in [0.05, 0.1) is 5.76 Å². The minimum atomic E-state index is -2.98. The largest absolute Gasteiger partial charge is 0.547 e. The fraction of sp³-hybridized carbons (Fsp3) is 0.400. The van der Waals surface area contributed by atoms with Crippen LogP contribution in [0, 0.1) is 0 Å². The Morgan fingerprint density at radius 2 is 1.56 bits per heavy atom. The standard InChI is InChI=1S/C20H30BrO3PSi2/c1-26(2,3)23-18-13-12-17(21)14-19(24-27(4,5)6)16-25(22,15-18)20-10-8-7-9-11-20/h7-13,15-17H,14H2,1-6H3/b13-12-,18-15+,19-16+. The predicted molar refractivity (Wildman–Crippen MR) is 125 cm³/mol. The lowest BCUT2D eigenvalue weighted by Crippen LogP contribution is -2.25. The van der Waals surface area contributed by atoms with Crippen LogP contribution in [0.4, 0.5) is 0 Å². The molecule has 1 aromatic carbocycles. The van der Waals surface area contributed by atoms with Crippen molar-refractivity contribution in [3.05, 3.63) is 65.6 Å². The zero-order valence-electron chi connectivity index (χ0n) is 17.0. The molecule has 0 N–H and O–H groups in total. The molecule has 2 unspecified atom stereocenters. The molecule has 3 nitrogen and oxygen atoms in total. The van der Waals surface area contributed by atoms with E-state index >= 15 is 0 Å². The molecule has 148 valence electrons. The van der Waals surface area contributed by atoms with Crippen molar-refractivity contribution in [3.63, 3.8) is 0 Å². The van der Waals surface area contributed by atoms with Crippen LogP contribution in [0.3, 0.4) is 0 Å². The van der Waals surface area contributed by atoms with Crippen LogP contribution in [0.5, 0.6) is 0 Å². The highest BCUT2D eigenvalue weighted by atomic mass is 79.9. The van der Waals surface area contributed by atoms with Crippen LogP contribution in [0.25, 0.3) is 0 Å². The molecule has 0 aromatic heterocycles. The number of benzene rings is 1. The lowest BCUT2D eigenvalue weighted by atomic mass is 10.2. The maximum Gasteiger partial charge on any atom is 0.242 e. The Bertz CT molecular complexity index is 790. The van der Waals surface area contributed by atoms with E-state index in [2.05, 4.69) is 55.2 Å². The van der Waals surface area contributed by atoms with Gasteiger partial charge < -0.3 is 13.4 Å². The van der Waals surface area contributed by atoms with Crippen molar-refractivity contribution in [3.8, 4) is 0 Å². The Labute approximate surface area is 174 Å². The van der Waals surface area contributed by atoms with E-state index in [1.54, 1.807) is 5.82 Å². The first-order valence-electron chi connectivity index (χ1n) is 9.16. The highest BCUT2D eigenvalue weighted by molar-refractivity contribution is 9.09. The highest BCUT2D eigenvalue weighted by Gasteiger charge is 2.28. The summed E-state index contributed by atoms with van der Waals surface area (Å²) in [5.74, 6) is 5.11. The molecule has 0 spiro atoms. The van der Waals surface area contributed by atoms with Gasteiger partial charge in [-0.3, -0.25) is 0 Å². The van der Waals surface area contributed by atoms with Gasteiger partial charge in [-0.2, -0.15) is 0 Å². The fourth-order valence-corrected chi connectivity index (χ4v) is 7.23. The smallest absolute Gasteiger partial charge is 0.242 e. The molecule has 7 heteroatoms. The van der Waals surface area contributed by atoms with Gasteiger partial charge in [0.1, 0.15) is 5.76 Å². The van der Waals surface area contributed by atoms with Crippen LogP contribution in [0.15, 0.2) is 65.6 Å². The van der Waals surface area contributed by atoms with Crippen molar-refractivity contribution in [2.24, 2.45) is 0 Å². The third kappa shape index (κ3) is 7.61. The molecule has 0 saturated heterocycles. The predicted octanol–water partition coefficient (Wildman–Crippen LogP) is 6.78. The van der Waals surface area contributed by atoms with Crippen molar-refractivity contribution in [1.29, 1.82) is 0 Å². The summed E-state index contributed by atoms with van der Waals surface area (Å²) in [6.45, 7) is 12.8. The van der Waals surface area contributed by atoms with E-state index in [4.69, 9.17) is 8.85 Å². The van der Waals surface area contributed by atoms with Crippen molar-refractivity contribution in [2.75, 3.05) is 0 Å². The van der Waals surface area contributed by atoms with Crippen LogP contribution in [0.2, 0.25) is 39.3 Å². The highest BCUT2D eigenvalue weighted by Crippen LogP contribution is 2.51. The Balaban J connectivity index is 2.63. The molecule has 27 heavy (non-hydrogen) atoms. The Morgan fingerprint density at radius 1 is 0.963 bits per heavy atom. The molecule has 0 aliphatic carbocycles. The zero-order valence-corrected chi connectivity index (χ0v) is 21.5. The summed E-state index contributed by atoms with van der Waals surface area (Å²) in [7, 11) is -6.65. The van der Waals surface area contributed by atoms with Crippen LogP contribution in [-0.2, 0) is 13.4 Å². The third-order valence-corrected chi connectivity index (χ3v) is 8.31. The minimum Gasteiger partial charge on any atom is -0.547 e. The summed E-state index contributed by atoms with van der Waals surface area (Å²) in [6, 6.07) is 9.61. The van der Waals surface area contributed by atoms with Gasteiger partial charge in [0.25, 0.3) is 0 Å². The number of hydrogen-bond acceptors (Lipinski definition) is 3. The lowest BCUT2D eigenvalue weighted by molar-refractivity contribution is 0.403. The summed E-state index contributed by atoms with van der Waals surface area (Å²) >= 11 is 3.70. The summed E-state index contributed by atoms with van der Waals surface area (Å²) < 4.78 is 26.7. The monoisotopic (exact) mass is 484 g/mol. The molecule has 0 radical (unpaired) electrons. The summed E-state index contributed by atoms with van der Waals surface area (Å²) in [5.41, 5.74) is 0. The number of allylic oxidation sites excluding steroid dienone is 3. The first-order chi connectivity index (χ1) is 12.4. The lowest BCUT2D eigenvalue weighted by Gasteiger charge is -2.24. The molecule has 0 amide bonds. The van der Waals surface area contributed by atoms with Crippen molar-refractivity contribution >= 4 is 45.0 Å². The third-order valence-electron chi connectivity index (χ3n) is 3.54. The van der Waals surface area contributed by atoms with Crippen LogP contribution < -0.4 is 5.30 Å². The Kier molecular flexibility index (Phi) is 7.23. The van der Waals surface area contributed by atoms with Crippen molar-refractivity contribution < 1.29 is 13.4 Å². The summed E-state index contributed by atoms with van der Waals surface area (Å²) in [5, 5.41) is 0.791. The van der Waals surface area contributed by atoms with Crippen molar-refractivity contribution in [2.45, 2.75) is 50.5 Å². The molecule has 0 fully saturated rings. The van der Waals surface area contributed by atoms with E-state index in [9.17, 15) is 4.57 Å². The van der Waals surface area contributed by atoms with Gasteiger partial charge >= 0.3 is 0 Å². The molecule has 1 aliphatic heterocycles. The van der Waals surface area contributed by atoms with Gasteiger partial charge in [-0.05, 0) is 45.4 Å². The number of halogens is 1. The van der Waals surface area contributed by atoms with Crippen LogP contribution in [0.1, 0.15) is 6.42 Å². The maximum atomic E-state index is 14.1. The SMILES string of the molecule is C[Si](C)(C)OC1=C/P(=O)(c2ccccc2)/C=C(/O[Si](C)(C)C)CC(Br)/C=C\1. The molecular weight excluding hydrogens is 455 g/mol. The minimum absolute atomic E-state index is 0.0936. The molecular formula is C20H30BrO3PSi2. The molecule has 1 aliphatic rings. The van der Waals surface area contributed by atoms with Gasteiger partial charge in [-0.25, -0.2) is 0 Å². The second-order valence-electron chi connectivity index (χ2n) is 8.68. The van der Waals surface area contributed by atoms with Crippen LogP contribution in [-0.4, -0.2) is 21.5 Å². The van der Waals surface area contributed by atoms with E-state index in [1.807, 2.05) is 48.3 Å². The summed E-state index contributed by atoms with van der Waals surface area (Å²) in [6.07, 6.45) is 4.65. The molecule has 2 atom stereocenters. The van der Waals surface area contributed by atoms with E-state index in [1.165, 1.54) is 0 Å². The van der Waals surface area contributed by atoms with Crippen LogP contribution >= 0.6 is 23.1 Å². The number of hydrogen-bond donors (Lipinski definition) is 0. The topological polar surface area (TPSA) is 35.5 Å². The zero-order chi connectivity index (χ0) is 20.3. The Hall–Kier alpha value is -0.816. The fourth-order valence-electron chi connectivity index (χ4n) is 2.68. The van der Waals surface area contributed by atoms with Gasteiger partial charge in [0, 0.05) is 28.2 Å². The maximum absolute atomic E-state index is 14.1. The van der Waals surface area contributed by atoms with Gasteiger partial charge in [-0.1, -0.05) is 52.3 Å². The number of rotatable bonds is 5. The molecule has 1 heterocycles. The normalized spacial score (nSPS) is 29.2. The first kappa shape index (κ1) is 22.5. The average molecular weight is 486 g/mol. The van der Waals surface area contributed by atoms with Gasteiger partial charge in [-0.15, -0.1) is 0 Å². The summed E-state index contributed by atoms with van der Waals surface area (Å²) in [4.78, 5) is 0.0936. The van der Waals surface area contributed by atoms with E-state index in [-0.39, 0.29) is 4.83 Å². The molecule has 0 bridgehead atoms. The Morgan fingerprint density at radius 3 is 2.11 bits per heavy atom. The molecule has 1 aromatic rings. The number of alkyl halides is 1. The average Bonchev–Trinajstić information content (AvgIpc) is 2.54. The van der Waals surface area contributed by atoms with Gasteiger partial charge in [0.2, 0.25) is 16.6 Å². The van der Waals surface area contributed by atoms with Gasteiger partial charge in [0.15, 0.2) is 7.14 Å². The molecule has 2 rings (SSSR count). The first-order valence-corrected chi connectivity index (χ1v) is 18.7.